The summed E-state index contributed by atoms with van der Waals surface area (Å²) in [4.78, 5) is 17.3. The second kappa shape index (κ2) is 6.74. The van der Waals surface area contributed by atoms with Gasteiger partial charge in [-0.2, -0.15) is 0 Å². The van der Waals surface area contributed by atoms with Gasteiger partial charge in [0.2, 0.25) is 0 Å². The summed E-state index contributed by atoms with van der Waals surface area (Å²) < 4.78 is 26.2. The normalized spacial score (nSPS) is 11.6. The maximum Gasteiger partial charge on any atom is 0.263 e. The van der Waals surface area contributed by atoms with Crippen LogP contribution in [0.25, 0.3) is 0 Å². The van der Waals surface area contributed by atoms with Gasteiger partial charge in [0.1, 0.15) is 16.5 Å². The second-order valence-corrected chi connectivity index (χ2v) is 7.47. The molecule has 23 heavy (non-hydrogen) atoms. The minimum absolute atomic E-state index is 0.104. The van der Waals surface area contributed by atoms with Crippen LogP contribution in [-0.2, 0) is 11.8 Å². The number of carbonyl (C=O) groups is 1. The first-order valence-electron chi connectivity index (χ1n) is 7.38. The van der Waals surface area contributed by atoms with E-state index in [-0.39, 0.29) is 11.3 Å². The Kier molecular flexibility index (Phi) is 5.14. The molecular formula is C17H20F2N2OS. The van der Waals surface area contributed by atoms with Crippen molar-refractivity contribution in [1.29, 1.82) is 0 Å². The molecule has 124 valence electrons. The predicted molar refractivity (Wildman–Crippen MR) is 87.9 cm³/mol. The molecular weight excluding hydrogens is 318 g/mol. The van der Waals surface area contributed by atoms with E-state index in [1.807, 2.05) is 27.7 Å². The lowest BCUT2D eigenvalue weighted by molar-refractivity contribution is 0.0957. The number of benzene rings is 1. The van der Waals surface area contributed by atoms with Crippen molar-refractivity contribution in [1.82, 2.24) is 10.3 Å². The van der Waals surface area contributed by atoms with E-state index in [0.717, 1.165) is 11.1 Å². The van der Waals surface area contributed by atoms with Crippen LogP contribution >= 0.6 is 11.3 Å². The Balaban J connectivity index is 1.99. The third kappa shape index (κ3) is 4.58. The first-order chi connectivity index (χ1) is 10.7. The maximum absolute atomic E-state index is 13.1. The quantitative estimate of drug-likeness (QED) is 0.915. The zero-order chi connectivity index (χ0) is 17.2. The number of rotatable bonds is 4. The van der Waals surface area contributed by atoms with Crippen LogP contribution in [0.5, 0.6) is 0 Å². The van der Waals surface area contributed by atoms with Crippen molar-refractivity contribution in [2.75, 3.05) is 6.54 Å². The topological polar surface area (TPSA) is 42.0 Å². The number of aryl methyl sites for hydroxylation is 1. The fraction of sp³-hybridized carbons (Fsp3) is 0.412. The van der Waals surface area contributed by atoms with Crippen molar-refractivity contribution < 1.29 is 13.6 Å². The monoisotopic (exact) mass is 338 g/mol. The van der Waals surface area contributed by atoms with Crippen molar-refractivity contribution in [3.8, 4) is 0 Å². The maximum atomic E-state index is 13.1. The summed E-state index contributed by atoms with van der Waals surface area (Å²) in [5.41, 5.74) is 1.11. The molecule has 0 saturated heterocycles. The first-order valence-corrected chi connectivity index (χ1v) is 8.19. The van der Waals surface area contributed by atoms with Crippen LogP contribution in [0, 0.1) is 18.6 Å². The number of hydrogen-bond donors (Lipinski definition) is 1. The molecule has 0 unspecified atom stereocenters. The number of amides is 1. The van der Waals surface area contributed by atoms with E-state index in [1.54, 1.807) is 0 Å². The molecule has 6 heteroatoms. The van der Waals surface area contributed by atoms with Crippen LogP contribution in [0.1, 0.15) is 46.7 Å². The molecule has 0 radical (unpaired) electrons. The van der Waals surface area contributed by atoms with Gasteiger partial charge < -0.3 is 5.32 Å². The Morgan fingerprint density at radius 3 is 2.35 bits per heavy atom. The van der Waals surface area contributed by atoms with E-state index >= 15 is 0 Å². The van der Waals surface area contributed by atoms with Gasteiger partial charge in [-0.3, -0.25) is 4.79 Å². The van der Waals surface area contributed by atoms with Gasteiger partial charge in [0.05, 0.1) is 10.7 Å². The molecule has 1 aromatic heterocycles. The molecule has 0 spiro atoms. The highest BCUT2D eigenvalue weighted by Gasteiger charge is 2.22. The summed E-state index contributed by atoms with van der Waals surface area (Å²) >= 11 is 1.38. The standard InChI is InChI=1S/C17H20F2N2OS/c1-10-14(23-16(21-10)17(2,3)4)15(22)20-6-5-11-7-12(18)9-13(19)8-11/h7-9H,5-6H2,1-4H3,(H,20,22). The van der Waals surface area contributed by atoms with Crippen LogP contribution in [0.2, 0.25) is 0 Å². The summed E-state index contributed by atoms with van der Waals surface area (Å²) in [6, 6.07) is 3.37. The molecule has 0 bridgehead atoms. The lowest BCUT2D eigenvalue weighted by Crippen LogP contribution is -2.25. The average molecular weight is 338 g/mol. The molecule has 0 atom stereocenters. The van der Waals surface area contributed by atoms with Crippen molar-refractivity contribution in [2.24, 2.45) is 0 Å². The molecule has 0 fully saturated rings. The molecule has 2 aromatic rings. The van der Waals surface area contributed by atoms with E-state index in [4.69, 9.17) is 0 Å². The summed E-state index contributed by atoms with van der Waals surface area (Å²) in [5, 5.41) is 3.69. The van der Waals surface area contributed by atoms with Gasteiger partial charge in [0.25, 0.3) is 5.91 Å². The highest BCUT2D eigenvalue weighted by Crippen LogP contribution is 2.29. The highest BCUT2D eigenvalue weighted by molar-refractivity contribution is 7.14. The van der Waals surface area contributed by atoms with Crippen LogP contribution in [-0.4, -0.2) is 17.4 Å². The molecule has 0 saturated carbocycles. The van der Waals surface area contributed by atoms with E-state index < -0.39 is 11.6 Å². The SMILES string of the molecule is Cc1nc(C(C)(C)C)sc1C(=O)NCCc1cc(F)cc(F)c1. The molecule has 0 aliphatic rings. The number of hydrogen-bond acceptors (Lipinski definition) is 3. The fourth-order valence-corrected chi connectivity index (χ4v) is 3.12. The van der Waals surface area contributed by atoms with Gasteiger partial charge in [0.15, 0.2) is 0 Å². The zero-order valence-corrected chi connectivity index (χ0v) is 14.5. The second-order valence-electron chi connectivity index (χ2n) is 6.47. The van der Waals surface area contributed by atoms with Crippen molar-refractivity contribution in [3.05, 3.63) is 51.0 Å². The Morgan fingerprint density at radius 2 is 1.83 bits per heavy atom. The Hall–Kier alpha value is -1.82. The third-order valence-corrected chi connectivity index (χ3v) is 4.85. The van der Waals surface area contributed by atoms with Crippen molar-refractivity contribution in [3.63, 3.8) is 0 Å². The van der Waals surface area contributed by atoms with E-state index in [2.05, 4.69) is 10.3 Å². The lowest BCUT2D eigenvalue weighted by atomic mass is 9.98. The number of nitrogens with one attached hydrogen (secondary N) is 1. The predicted octanol–water partition coefficient (Wildman–Crippen LogP) is 4.00. The van der Waals surface area contributed by atoms with Crippen LogP contribution in [0.4, 0.5) is 8.78 Å². The molecule has 1 amide bonds. The highest BCUT2D eigenvalue weighted by atomic mass is 32.1. The van der Waals surface area contributed by atoms with Crippen molar-refractivity contribution in [2.45, 2.75) is 39.5 Å². The molecule has 0 aliphatic carbocycles. The van der Waals surface area contributed by atoms with E-state index in [1.165, 1.54) is 23.5 Å². The Labute approximate surface area is 138 Å². The van der Waals surface area contributed by atoms with Crippen LogP contribution < -0.4 is 5.32 Å². The minimum atomic E-state index is -0.612. The molecule has 1 aromatic carbocycles. The summed E-state index contributed by atoms with van der Waals surface area (Å²) in [5.74, 6) is -1.42. The number of aromatic nitrogens is 1. The molecule has 3 nitrogen and oxygen atoms in total. The van der Waals surface area contributed by atoms with Gasteiger partial charge in [0, 0.05) is 18.0 Å². The molecule has 1 N–H and O–H groups in total. The number of halogens is 2. The Bertz CT molecular complexity index is 700. The molecule has 0 aliphatic heterocycles. The van der Waals surface area contributed by atoms with Gasteiger partial charge in [-0.05, 0) is 31.0 Å². The summed E-state index contributed by atoms with van der Waals surface area (Å²) in [6.45, 7) is 8.26. The largest absolute Gasteiger partial charge is 0.351 e. The molecule has 1 heterocycles. The summed E-state index contributed by atoms with van der Waals surface area (Å²) in [6.07, 6.45) is 0.365. The van der Waals surface area contributed by atoms with E-state index in [9.17, 15) is 13.6 Å². The Morgan fingerprint density at radius 1 is 1.22 bits per heavy atom. The van der Waals surface area contributed by atoms with Crippen LogP contribution in [0.15, 0.2) is 18.2 Å². The number of nitrogens with zero attached hydrogens (tertiary/aromatic N) is 1. The van der Waals surface area contributed by atoms with Gasteiger partial charge in [-0.1, -0.05) is 20.8 Å². The summed E-state index contributed by atoms with van der Waals surface area (Å²) in [7, 11) is 0. The molecule has 2 rings (SSSR count). The van der Waals surface area contributed by atoms with Crippen LogP contribution in [0.3, 0.4) is 0 Å². The number of carbonyl (C=O) groups excluding carboxylic acids is 1. The first kappa shape index (κ1) is 17.5. The van der Waals surface area contributed by atoms with Gasteiger partial charge in [-0.15, -0.1) is 11.3 Å². The smallest absolute Gasteiger partial charge is 0.263 e. The average Bonchev–Trinajstić information content (AvgIpc) is 2.79. The lowest BCUT2D eigenvalue weighted by Gasteiger charge is -2.13. The van der Waals surface area contributed by atoms with E-state index in [0.29, 0.717) is 29.1 Å². The zero-order valence-electron chi connectivity index (χ0n) is 13.7. The fourth-order valence-electron chi connectivity index (χ4n) is 2.08. The minimum Gasteiger partial charge on any atom is -0.351 e. The number of thiazole rings is 1. The third-order valence-electron chi connectivity index (χ3n) is 3.27. The van der Waals surface area contributed by atoms with Gasteiger partial charge in [-0.25, -0.2) is 13.8 Å². The van der Waals surface area contributed by atoms with Gasteiger partial charge >= 0.3 is 0 Å². The van der Waals surface area contributed by atoms with Crippen molar-refractivity contribution >= 4 is 17.2 Å².